The Bertz CT molecular complexity index is 248. The van der Waals surface area contributed by atoms with E-state index in [-0.39, 0.29) is 18.7 Å². The van der Waals surface area contributed by atoms with Crippen molar-refractivity contribution >= 4 is 5.97 Å². The number of esters is 1. The predicted molar refractivity (Wildman–Crippen MR) is 74.8 cm³/mol. The van der Waals surface area contributed by atoms with Crippen molar-refractivity contribution in [2.24, 2.45) is 5.92 Å². The Morgan fingerprint density at radius 3 is 2.05 bits per heavy atom. The van der Waals surface area contributed by atoms with E-state index < -0.39 is 6.10 Å². The maximum atomic E-state index is 10.7. The van der Waals surface area contributed by atoms with Crippen LogP contribution < -0.4 is 0 Å². The standard InChI is InChI=1S/C8H14O2.C6H14O3/c1-6(2)5-10-8(9)7(3)4;1-5(8)4-9-6(2)3-7/h6H,3,5H2,1-2,4H3;5-8H,3-4H2,1-2H3. The summed E-state index contributed by atoms with van der Waals surface area (Å²) < 4.78 is 9.78. The number of hydrogen-bond acceptors (Lipinski definition) is 5. The molecule has 0 aliphatic carbocycles. The highest BCUT2D eigenvalue weighted by Crippen LogP contribution is 1.97. The third kappa shape index (κ3) is 17.1. The highest BCUT2D eigenvalue weighted by atomic mass is 16.5. The summed E-state index contributed by atoms with van der Waals surface area (Å²) in [5.41, 5.74) is 0.459. The van der Waals surface area contributed by atoms with Crippen molar-refractivity contribution < 1.29 is 24.5 Å². The van der Waals surface area contributed by atoms with Crippen LogP contribution in [0.2, 0.25) is 0 Å². The highest BCUT2D eigenvalue weighted by molar-refractivity contribution is 5.86. The second-order valence-electron chi connectivity index (χ2n) is 4.95. The molecular formula is C14H28O5. The highest BCUT2D eigenvalue weighted by Gasteiger charge is 2.03. The van der Waals surface area contributed by atoms with Crippen LogP contribution >= 0.6 is 0 Å². The van der Waals surface area contributed by atoms with Gasteiger partial charge >= 0.3 is 5.97 Å². The summed E-state index contributed by atoms with van der Waals surface area (Å²) in [5.74, 6) is 0.0944. The second-order valence-corrected chi connectivity index (χ2v) is 4.95. The molecule has 0 spiro atoms. The Balaban J connectivity index is 0. The molecule has 0 saturated heterocycles. The smallest absolute Gasteiger partial charge is 0.333 e. The molecule has 0 heterocycles. The number of aliphatic hydroxyl groups excluding tert-OH is 2. The van der Waals surface area contributed by atoms with Gasteiger partial charge in [0.25, 0.3) is 0 Å². The molecule has 19 heavy (non-hydrogen) atoms. The van der Waals surface area contributed by atoms with Crippen molar-refractivity contribution in [1.29, 1.82) is 0 Å². The van der Waals surface area contributed by atoms with Gasteiger partial charge in [-0.25, -0.2) is 4.79 Å². The van der Waals surface area contributed by atoms with Crippen LogP contribution in [0.25, 0.3) is 0 Å². The number of rotatable bonds is 7. The molecule has 0 rings (SSSR count). The summed E-state index contributed by atoms with van der Waals surface area (Å²) in [5, 5.41) is 17.1. The largest absolute Gasteiger partial charge is 0.462 e. The van der Waals surface area contributed by atoms with Crippen LogP contribution in [-0.2, 0) is 14.3 Å². The molecular weight excluding hydrogens is 248 g/mol. The molecule has 0 aliphatic heterocycles. The van der Waals surface area contributed by atoms with Gasteiger partial charge in [0.2, 0.25) is 0 Å². The maximum Gasteiger partial charge on any atom is 0.333 e. The lowest BCUT2D eigenvalue weighted by molar-refractivity contribution is -0.139. The molecule has 0 saturated carbocycles. The molecule has 5 heteroatoms. The lowest BCUT2D eigenvalue weighted by atomic mass is 10.2. The normalized spacial score (nSPS) is 13.3. The van der Waals surface area contributed by atoms with Crippen LogP contribution in [0, 0.1) is 5.92 Å². The molecule has 2 atom stereocenters. The van der Waals surface area contributed by atoms with Gasteiger partial charge in [-0.05, 0) is 26.7 Å². The summed E-state index contributed by atoms with van der Waals surface area (Å²) in [6, 6.07) is 0. The van der Waals surface area contributed by atoms with E-state index in [2.05, 4.69) is 6.58 Å². The van der Waals surface area contributed by atoms with E-state index >= 15 is 0 Å². The molecule has 0 aromatic rings. The van der Waals surface area contributed by atoms with Crippen LogP contribution in [0.5, 0.6) is 0 Å². The fourth-order valence-corrected chi connectivity index (χ4v) is 0.722. The van der Waals surface area contributed by atoms with E-state index in [9.17, 15) is 4.79 Å². The number of carbonyl (C=O) groups is 1. The maximum absolute atomic E-state index is 10.7. The number of carbonyl (C=O) groups excluding carboxylic acids is 1. The fraction of sp³-hybridized carbons (Fsp3) is 0.786. The summed E-state index contributed by atoms with van der Waals surface area (Å²) in [6.45, 7) is 13.3. The third-order valence-corrected chi connectivity index (χ3v) is 1.78. The topological polar surface area (TPSA) is 76.0 Å². The Hall–Kier alpha value is -0.910. The quantitative estimate of drug-likeness (QED) is 0.545. The molecule has 5 nitrogen and oxygen atoms in total. The first-order valence-electron chi connectivity index (χ1n) is 6.43. The minimum atomic E-state index is -0.445. The third-order valence-electron chi connectivity index (χ3n) is 1.78. The summed E-state index contributed by atoms with van der Waals surface area (Å²) in [7, 11) is 0. The van der Waals surface area contributed by atoms with Gasteiger partial charge in [0.1, 0.15) is 0 Å². The Labute approximate surface area is 116 Å². The van der Waals surface area contributed by atoms with Crippen LogP contribution in [0.1, 0.15) is 34.6 Å². The summed E-state index contributed by atoms with van der Waals surface area (Å²) in [6.07, 6.45) is -0.612. The van der Waals surface area contributed by atoms with Gasteiger partial charge in [-0.1, -0.05) is 20.4 Å². The molecule has 0 aromatic carbocycles. The first-order valence-corrected chi connectivity index (χ1v) is 6.43. The van der Waals surface area contributed by atoms with E-state index in [1.165, 1.54) is 0 Å². The van der Waals surface area contributed by atoms with Crippen LogP contribution in [-0.4, -0.2) is 48.2 Å². The first-order chi connectivity index (χ1) is 8.70. The van der Waals surface area contributed by atoms with Gasteiger partial charge in [0, 0.05) is 5.57 Å². The number of hydrogen-bond donors (Lipinski definition) is 2. The van der Waals surface area contributed by atoms with Gasteiger partial charge in [-0.15, -0.1) is 0 Å². The van der Waals surface area contributed by atoms with Gasteiger partial charge in [-0.3, -0.25) is 0 Å². The van der Waals surface area contributed by atoms with Crippen molar-refractivity contribution in [2.75, 3.05) is 19.8 Å². The van der Waals surface area contributed by atoms with E-state index in [1.54, 1.807) is 20.8 Å². The molecule has 0 aromatic heterocycles. The van der Waals surface area contributed by atoms with Crippen LogP contribution in [0.15, 0.2) is 12.2 Å². The van der Waals surface area contributed by atoms with Crippen molar-refractivity contribution in [1.82, 2.24) is 0 Å². The molecule has 2 unspecified atom stereocenters. The Morgan fingerprint density at radius 1 is 1.21 bits per heavy atom. The molecule has 0 radical (unpaired) electrons. The first kappa shape index (κ1) is 20.4. The number of aliphatic hydroxyl groups is 2. The SMILES string of the molecule is C=C(C)C(=O)OCC(C)C.CC(O)COC(C)CO. The molecule has 0 aliphatic rings. The average molecular weight is 276 g/mol. The molecule has 0 amide bonds. The van der Waals surface area contributed by atoms with Crippen molar-refractivity contribution in [3.63, 3.8) is 0 Å². The zero-order valence-electron chi connectivity index (χ0n) is 12.7. The van der Waals surface area contributed by atoms with Gasteiger partial charge in [0.15, 0.2) is 0 Å². The Morgan fingerprint density at radius 2 is 1.74 bits per heavy atom. The van der Waals surface area contributed by atoms with E-state index in [4.69, 9.17) is 19.7 Å². The lowest BCUT2D eigenvalue weighted by Crippen LogP contribution is -2.19. The monoisotopic (exact) mass is 276 g/mol. The molecule has 114 valence electrons. The van der Waals surface area contributed by atoms with Crippen molar-refractivity contribution in [3.05, 3.63) is 12.2 Å². The predicted octanol–water partition coefficient (Wildman–Crippen LogP) is 1.53. The number of ether oxygens (including phenoxy) is 2. The minimum Gasteiger partial charge on any atom is -0.462 e. The van der Waals surface area contributed by atoms with Crippen molar-refractivity contribution in [2.45, 2.75) is 46.8 Å². The fourth-order valence-electron chi connectivity index (χ4n) is 0.722. The van der Waals surface area contributed by atoms with Crippen LogP contribution in [0.4, 0.5) is 0 Å². The van der Waals surface area contributed by atoms with Crippen molar-refractivity contribution in [3.8, 4) is 0 Å². The second kappa shape index (κ2) is 12.1. The van der Waals surface area contributed by atoms with Gasteiger partial charge in [-0.2, -0.15) is 0 Å². The minimum absolute atomic E-state index is 0.00667. The lowest BCUT2D eigenvalue weighted by Gasteiger charge is -2.10. The molecule has 2 N–H and O–H groups in total. The van der Waals surface area contributed by atoms with E-state index in [0.29, 0.717) is 24.7 Å². The zero-order chi connectivity index (χ0) is 15.4. The van der Waals surface area contributed by atoms with Gasteiger partial charge < -0.3 is 19.7 Å². The van der Waals surface area contributed by atoms with Gasteiger partial charge in [0.05, 0.1) is 32.0 Å². The summed E-state index contributed by atoms with van der Waals surface area (Å²) >= 11 is 0. The zero-order valence-corrected chi connectivity index (χ0v) is 12.7. The van der Waals surface area contributed by atoms with Crippen LogP contribution in [0.3, 0.4) is 0 Å². The summed E-state index contributed by atoms with van der Waals surface area (Å²) in [4.78, 5) is 10.7. The van der Waals surface area contributed by atoms with E-state index in [1.807, 2.05) is 13.8 Å². The molecule has 0 bridgehead atoms. The average Bonchev–Trinajstić information content (AvgIpc) is 2.33. The molecule has 0 fully saturated rings. The van der Waals surface area contributed by atoms with E-state index in [0.717, 1.165) is 0 Å². The Kier molecular flexibility index (Phi) is 13.0.